The maximum atomic E-state index is 13.5. The molecule has 176 valence electrons. The third-order valence-corrected chi connectivity index (χ3v) is 7.63. The van der Waals surface area contributed by atoms with Gasteiger partial charge in [0.15, 0.2) is 0 Å². The van der Waals surface area contributed by atoms with Crippen LogP contribution in [0.5, 0.6) is 0 Å². The summed E-state index contributed by atoms with van der Waals surface area (Å²) in [6.07, 6.45) is 6.20. The number of amides is 2. The highest BCUT2D eigenvalue weighted by Crippen LogP contribution is 2.35. The predicted octanol–water partition coefficient (Wildman–Crippen LogP) is 2.76. The summed E-state index contributed by atoms with van der Waals surface area (Å²) in [5.41, 5.74) is 0.697. The van der Waals surface area contributed by atoms with Gasteiger partial charge in [-0.3, -0.25) is 14.5 Å². The molecule has 6 nitrogen and oxygen atoms in total. The third-order valence-electron chi connectivity index (χ3n) is 7.63. The average molecular weight is 446 g/mol. The summed E-state index contributed by atoms with van der Waals surface area (Å²) in [4.78, 5) is 29.2. The second kappa shape index (κ2) is 10.8. The van der Waals surface area contributed by atoms with Crippen LogP contribution in [0.15, 0.2) is 30.3 Å². The van der Waals surface area contributed by atoms with Gasteiger partial charge in [0.25, 0.3) is 5.91 Å². The first-order valence-corrected chi connectivity index (χ1v) is 12.2. The quantitative estimate of drug-likeness (QED) is 0.646. The monoisotopic (exact) mass is 445 g/mol. The summed E-state index contributed by atoms with van der Waals surface area (Å²) in [6.45, 7) is 1.53. The van der Waals surface area contributed by atoms with E-state index in [9.17, 15) is 19.1 Å². The molecule has 7 heteroatoms. The van der Waals surface area contributed by atoms with Crippen molar-refractivity contribution >= 4 is 11.8 Å². The minimum absolute atomic E-state index is 0.00818. The molecule has 1 saturated carbocycles. The lowest BCUT2D eigenvalue weighted by Crippen LogP contribution is -2.52. The summed E-state index contributed by atoms with van der Waals surface area (Å²) < 4.78 is 13.5. The number of hydrogen-bond donors (Lipinski definition) is 2. The number of hydrogen-bond acceptors (Lipinski definition) is 4. The second-order valence-corrected chi connectivity index (χ2v) is 9.75. The Morgan fingerprint density at radius 3 is 2.31 bits per heavy atom. The Morgan fingerprint density at radius 2 is 1.69 bits per heavy atom. The van der Waals surface area contributed by atoms with E-state index in [1.807, 2.05) is 30.3 Å². The first-order chi connectivity index (χ1) is 15.5. The number of nitrogens with one attached hydrogen (secondary N) is 1. The van der Waals surface area contributed by atoms with E-state index in [1.165, 1.54) is 0 Å². The van der Waals surface area contributed by atoms with E-state index >= 15 is 0 Å². The summed E-state index contributed by atoms with van der Waals surface area (Å²) in [5.74, 6) is 0.0871. The van der Waals surface area contributed by atoms with Gasteiger partial charge in [-0.1, -0.05) is 18.2 Å². The molecule has 3 fully saturated rings. The molecule has 32 heavy (non-hydrogen) atoms. The molecular weight excluding hydrogens is 409 g/mol. The smallest absolute Gasteiger partial charge is 0.251 e. The fourth-order valence-electron chi connectivity index (χ4n) is 5.89. The number of aliphatic hydroxyl groups excluding tert-OH is 1. The summed E-state index contributed by atoms with van der Waals surface area (Å²) in [6, 6.07) is 10.4. The number of nitrogens with zero attached hydrogens (tertiary/aromatic N) is 2. The fourth-order valence-corrected chi connectivity index (χ4v) is 5.89. The highest BCUT2D eigenvalue weighted by molar-refractivity contribution is 5.94. The average Bonchev–Trinajstić information content (AvgIpc) is 3.05. The molecule has 2 unspecified atom stereocenters. The Morgan fingerprint density at radius 1 is 1.03 bits per heavy atom. The van der Waals surface area contributed by atoms with Crippen LogP contribution in [-0.4, -0.2) is 77.3 Å². The van der Waals surface area contributed by atoms with Gasteiger partial charge in [0, 0.05) is 43.3 Å². The fraction of sp³-hybridized carbons (Fsp3) is 0.680. The van der Waals surface area contributed by atoms with Crippen molar-refractivity contribution in [3.63, 3.8) is 0 Å². The lowest BCUT2D eigenvalue weighted by atomic mass is 9.87. The molecule has 2 aliphatic heterocycles. The molecule has 0 aromatic heterocycles. The van der Waals surface area contributed by atoms with Crippen molar-refractivity contribution in [3.05, 3.63) is 35.9 Å². The van der Waals surface area contributed by atoms with Crippen molar-refractivity contribution in [1.82, 2.24) is 15.1 Å². The van der Waals surface area contributed by atoms with Crippen LogP contribution < -0.4 is 5.32 Å². The predicted molar refractivity (Wildman–Crippen MR) is 121 cm³/mol. The van der Waals surface area contributed by atoms with E-state index in [0.29, 0.717) is 49.5 Å². The van der Waals surface area contributed by atoms with Gasteiger partial charge < -0.3 is 15.3 Å². The van der Waals surface area contributed by atoms with E-state index < -0.39 is 12.8 Å². The normalized spacial score (nSPS) is 30.1. The number of carbonyl (C=O) groups is 2. The first-order valence-electron chi connectivity index (χ1n) is 12.2. The number of carbonyl (C=O) groups excluding carboxylic acids is 2. The van der Waals surface area contributed by atoms with Gasteiger partial charge in [0.1, 0.15) is 12.8 Å². The number of rotatable bonds is 8. The molecule has 2 N–H and O–H groups in total. The number of aliphatic hydroxyl groups is 1. The van der Waals surface area contributed by atoms with Crippen molar-refractivity contribution in [1.29, 1.82) is 0 Å². The van der Waals surface area contributed by atoms with Crippen molar-refractivity contribution in [3.8, 4) is 0 Å². The SMILES string of the molecule is O=C(NC1CC2CCC(C1)N2CCN(CC1CCC(F)CC1)C(=O)CO)c1ccccc1. The van der Waals surface area contributed by atoms with E-state index in [2.05, 4.69) is 10.2 Å². The van der Waals surface area contributed by atoms with Gasteiger partial charge in [-0.25, -0.2) is 4.39 Å². The van der Waals surface area contributed by atoms with Gasteiger partial charge in [-0.2, -0.15) is 0 Å². The van der Waals surface area contributed by atoms with Gasteiger partial charge >= 0.3 is 0 Å². The van der Waals surface area contributed by atoms with Gasteiger partial charge in [-0.15, -0.1) is 0 Å². The summed E-state index contributed by atoms with van der Waals surface area (Å²) in [7, 11) is 0. The lowest BCUT2D eigenvalue weighted by Gasteiger charge is -2.40. The van der Waals surface area contributed by atoms with Crippen LogP contribution in [0, 0.1) is 5.92 Å². The molecule has 2 saturated heterocycles. The Labute approximate surface area is 190 Å². The Hall–Kier alpha value is -1.99. The van der Waals surface area contributed by atoms with E-state index in [-0.39, 0.29) is 17.9 Å². The van der Waals surface area contributed by atoms with Crippen LogP contribution in [-0.2, 0) is 4.79 Å². The maximum absolute atomic E-state index is 13.5. The van der Waals surface area contributed by atoms with Gasteiger partial charge in [-0.05, 0) is 69.4 Å². The zero-order valence-corrected chi connectivity index (χ0v) is 18.8. The number of fused-ring (bicyclic) bond motifs is 2. The topological polar surface area (TPSA) is 72.9 Å². The zero-order chi connectivity index (χ0) is 22.5. The van der Waals surface area contributed by atoms with Crippen molar-refractivity contribution in [2.24, 2.45) is 5.92 Å². The van der Waals surface area contributed by atoms with Crippen molar-refractivity contribution in [2.45, 2.75) is 75.7 Å². The summed E-state index contributed by atoms with van der Waals surface area (Å²) >= 11 is 0. The number of benzene rings is 1. The molecule has 2 bridgehead atoms. The van der Waals surface area contributed by atoms with E-state index in [1.54, 1.807) is 4.90 Å². The van der Waals surface area contributed by atoms with Crippen molar-refractivity contribution < 1.29 is 19.1 Å². The van der Waals surface area contributed by atoms with Crippen molar-refractivity contribution in [2.75, 3.05) is 26.2 Å². The van der Waals surface area contributed by atoms with Crippen LogP contribution in [0.2, 0.25) is 0 Å². The number of halogens is 1. The largest absolute Gasteiger partial charge is 0.387 e. The number of piperidine rings is 1. The third kappa shape index (κ3) is 5.67. The van der Waals surface area contributed by atoms with Crippen LogP contribution in [0.1, 0.15) is 61.7 Å². The van der Waals surface area contributed by atoms with Crippen LogP contribution in [0.3, 0.4) is 0 Å². The van der Waals surface area contributed by atoms with Gasteiger partial charge in [0.05, 0.1) is 0 Å². The molecule has 1 aliphatic carbocycles. The van der Waals surface area contributed by atoms with E-state index in [4.69, 9.17) is 0 Å². The van der Waals surface area contributed by atoms with E-state index in [0.717, 1.165) is 45.1 Å². The highest BCUT2D eigenvalue weighted by Gasteiger charge is 2.41. The highest BCUT2D eigenvalue weighted by atomic mass is 19.1. The van der Waals surface area contributed by atoms with Gasteiger partial charge in [0.2, 0.25) is 5.91 Å². The molecule has 0 spiro atoms. The van der Waals surface area contributed by atoms with Crippen LogP contribution >= 0.6 is 0 Å². The molecule has 1 aromatic rings. The summed E-state index contributed by atoms with van der Waals surface area (Å²) in [5, 5.41) is 12.7. The molecule has 3 aliphatic rings. The molecule has 1 aromatic carbocycles. The molecule has 2 atom stereocenters. The minimum atomic E-state index is -0.701. The van der Waals surface area contributed by atoms with Crippen LogP contribution in [0.25, 0.3) is 0 Å². The first kappa shape index (κ1) is 23.2. The number of alkyl halides is 1. The standard InChI is InChI=1S/C25H36FN3O3/c26-20-8-6-18(7-9-20)16-28(24(31)17-30)12-13-29-22-10-11-23(29)15-21(14-22)27-25(32)19-4-2-1-3-5-19/h1-5,18,20-23,30H,6-17H2,(H,27,32). The zero-order valence-electron chi connectivity index (χ0n) is 18.8. The Bertz CT molecular complexity index is 755. The molecule has 4 rings (SSSR count). The Kier molecular flexibility index (Phi) is 7.79. The molecule has 2 heterocycles. The molecule has 2 amide bonds. The lowest BCUT2D eigenvalue weighted by molar-refractivity contribution is -0.135. The Balaban J connectivity index is 1.29. The minimum Gasteiger partial charge on any atom is -0.387 e. The molecular formula is C25H36FN3O3. The second-order valence-electron chi connectivity index (χ2n) is 9.75. The molecule has 0 radical (unpaired) electrons. The maximum Gasteiger partial charge on any atom is 0.251 e. The van der Waals surface area contributed by atoms with Crippen LogP contribution in [0.4, 0.5) is 4.39 Å².